The number of carbonyl (C=O) groups is 1. The van der Waals surface area contributed by atoms with E-state index < -0.39 is 5.97 Å². The Kier molecular flexibility index (Phi) is 4.76. The predicted molar refractivity (Wildman–Crippen MR) is 93.2 cm³/mol. The van der Waals surface area contributed by atoms with E-state index in [2.05, 4.69) is 10.1 Å². The average molecular weight is 365 g/mol. The topological polar surface area (TPSA) is 60.2 Å². The van der Waals surface area contributed by atoms with Gasteiger partial charge in [0, 0.05) is 26.3 Å². The van der Waals surface area contributed by atoms with Gasteiger partial charge in [-0.15, -0.1) is 0 Å². The molecule has 2 aromatic heterocycles. The number of rotatable bonds is 3. The highest BCUT2D eigenvalue weighted by Crippen LogP contribution is 2.34. The maximum atomic E-state index is 14.1. The number of hydrogen-bond donors (Lipinski definition) is 0. The summed E-state index contributed by atoms with van der Waals surface area (Å²) >= 11 is 6.40. The van der Waals surface area contributed by atoms with Crippen LogP contribution in [0.2, 0.25) is 5.02 Å². The number of carbonyl (C=O) groups excluding carboxylic acids is 1. The van der Waals surface area contributed by atoms with Crippen molar-refractivity contribution < 1.29 is 13.9 Å². The second kappa shape index (κ2) is 6.84. The molecule has 0 amide bonds. The van der Waals surface area contributed by atoms with E-state index in [1.54, 1.807) is 24.0 Å². The van der Waals surface area contributed by atoms with E-state index in [0.29, 0.717) is 24.6 Å². The third-order valence-electron chi connectivity index (χ3n) is 4.31. The lowest BCUT2D eigenvalue weighted by atomic mass is 9.98. The first-order valence-electron chi connectivity index (χ1n) is 7.79. The molecule has 0 saturated heterocycles. The van der Waals surface area contributed by atoms with Gasteiger partial charge in [-0.3, -0.25) is 4.68 Å². The van der Waals surface area contributed by atoms with Gasteiger partial charge in [0.15, 0.2) is 17.3 Å². The molecule has 3 heterocycles. The lowest BCUT2D eigenvalue weighted by molar-refractivity contribution is 0.0593. The first kappa shape index (κ1) is 17.4. The van der Waals surface area contributed by atoms with Crippen molar-refractivity contribution in [1.82, 2.24) is 14.8 Å². The number of aromatic nitrogens is 3. The first-order valence-corrected chi connectivity index (χ1v) is 8.17. The van der Waals surface area contributed by atoms with Crippen molar-refractivity contribution in [2.45, 2.75) is 13.3 Å². The van der Waals surface area contributed by atoms with Gasteiger partial charge in [0.2, 0.25) is 0 Å². The van der Waals surface area contributed by atoms with Crippen molar-refractivity contribution in [3.63, 3.8) is 0 Å². The summed E-state index contributed by atoms with van der Waals surface area (Å²) in [4.78, 5) is 17.8. The van der Waals surface area contributed by atoms with Crippen molar-refractivity contribution in [1.29, 1.82) is 0 Å². The monoisotopic (exact) mass is 364 g/mol. The van der Waals surface area contributed by atoms with Crippen LogP contribution in [0.4, 0.5) is 10.2 Å². The summed E-state index contributed by atoms with van der Waals surface area (Å²) in [5.74, 6) is -0.653. The molecule has 8 heteroatoms. The van der Waals surface area contributed by atoms with Gasteiger partial charge >= 0.3 is 5.97 Å². The number of ether oxygens (including phenoxy) is 1. The van der Waals surface area contributed by atoms with Crippen LogP contribution in [0.25, 0.3) is 5.57 Å². The van der Waals surface area contributed by atoms with Gasteiger partial charge in [-0.25, -0.2) is 14.2 Å². The van der Waals surface area contributed by atoms with Crippen LogP contribution < -0.4 is 4.90 Å². The van der Waals surface area contributed by atoms with E-state index in [9.17, 15) is 9.18 Å². The zero-order valence-electron chi connectivity index (χ0n) is 14.2. The molecule has 0 saturated carbocycles. The van der Waals surface area contributed by atoms with Crippen LogP contribution in [0.15, 0.2) is 23.9 Å². The minimum absolute atomic E-state index is 0.0723. The van der Waals surface area contributed by atoms with Gasteiger partial charge in [-0.2, -0.15) is 5.10 Å². The Morgan fingerprint density at radius 3 is 2.88 bits per heavy atom. The number of methoxy groups -OCH3 is 1. The van der Waals surface area contributed by atoms with E-state index in [0.717, 1.165) is 17.6 Å². The second-order valence-corrected chi connectivity index (χ2v) is 6.24. The Hall–Kier alpha value is -2.41. The zero-order chi connectivity index (χ0) is 18.1. The van der Waals surface area contributed by atoms with E-state index in [4.69, 9.17) is 16.3 Å². The number of esters is 1. The van der Waals surface area contributed by atoms with Crippen LogP contribution in [-0.4, -0.2) is 40.9 Å². The normalized spacial score (nSPS) is 14.8. The summed E-state index contributed by atoms with van der Waals surface area (Å²) < 4.78 is 20.4. The van der Waals surface area contributed by atoms with Gasteiger partial charge < -0.3 is 9.64 Å². The second-order valence-electron chi connectivity index (χ2n) is 5.87. The minimum atomic E-state index is -0.589. The molecule has 0 aromatic carbocycles. The van der Waals surface area contributed by atoms with Crippen molar-refractivity contribution in [2.24, 2.45) is 7.05 Å². The number of nitrogens with zero attached hydrogens (tertiary/aromatic N) is 4. The quantitative estimate of drug-likeness (QED) is 0.783. The van der Waals surface area contributed by atoms with Gasteiger partial charge in [0.05, 0.1) is 12.8 Å². The molecule has 132 valence electrons. The Labute approximate surface area is 149 Å². The summed E-state index contributed by atoms with van der Waals surface area (Å²) in [6.45, 7) is 3.09. The van der Waals surface area contributed by atoms with Crippen LogP contribution in [0.3, 0.4) is 0 Å². The molecule has 1 aliphatic rings. The molecule has 0 bridgehead atoms. The minimum Gasteiger partial charge on any atom is -0.464 e. The van der Waals surface area contributed by atoms with Gasteiger partial charge in [-0.05, 0) is 31.1 Å². The largest absolute Gasteiger partial charge is 0.464 e. The Morgan fingerprint density at radius 2 is 2.20 bits per heavy atom. The maximum Gasteiger partial charge on any atom is 0.360 e. The number of halogens is 2. The fourth-order valence-electron chi connectivity index (χ4n) is 2.98. The molecule has 0 radical (unpaired) electrons. The first-order chi connectivity index (χ1) is 11.9. The van der Waals surface area contributed by atoms with E-state index in [-0.39, 0.29) is 16.5 Å². The van der Waals surface area contributed by atoms with Crippen molar-refractivity contribution in [2.75, 3.05) is 25.1 Å². The summed E-state index contributed by atoms with van der Waals surface area (Å²) in [6, 6.07) is 2.95. The summed E-state index contributed by atoms with van der Waals surface area (Å²) in [5.41, 5.74) is 2.74. The average Bonchev–Trinajstić information content (AvgIpc) is 2.90. The van der Waals surface area contributed by atoms with Crippen molar-refractivity contribution >= 4 is 29.0 Å². The van der Waals surface area contributed by atoms with Crippen LogP contribution in [-0.2, 0) is 11.8 Å². The van der Waals surface area contributed by atoms with Crippen LogP contribution >= 0.6 is 11.6 Å². The number of pyridine rings is 1. The highest BCUT2D eigenvalue weighted by Gasteiger charge is 2.28. The molecule has 0 unspecified atom stereocenters. The van der Waals surface area contributed by atoms with E-state index >= 15 is 0 Å². The fourth-order valence-corrected chi connectivity index (χ4v) is 3.33. The molecular formula is C17H18ClFN4O2. The van der Waals surface area contributed by atoms with Crippen LogP contribution in [0.5, 0.6) is 0 Å². The molecule has 0 aliphatic carbocycles. The highest BCUT2D eigenvalue weighted by atomic mass is 35.5. The van der Waals surface area contributed by atoms with Crippen LogP contribution in [0, 0.1) is 5.82 Å². The van der Waals surface area contributed by atoms with Gasteiger partial charge in [0.25, 0.3) is 0 Å². The Balaban J connectivity index is 2.01. The number of hydrogen-bond acceptors (Lipinski definition) is 5. The van der Waals surface area contributed by atoms with Gasteiger partial charge in [0.1, 0.15) is 5.02 Å². The smallest absolute Gasteiger partial charge is 0.360 e. The molecule has 0 N–H and O–H groups in total. The van der Waals surface area contributed by atoms with Crippen molar-refractivity contribution in [3.8, 4) is 0 Å². The Morgan fingerprint density at radius 1 is 1.44 bits per heavy atom. The molecule has 0 spiro atoms. The predicted octanol–water partition coefficient (Wildman–Crippen LogP) is 3.08. The van der Waals surface area contributed by atoms with E-state index in [1.807, 2.05) is 11.8 Å². The third kappa shape index (κ3) is 3.11. The summed E-state index contributed by atoms with van der Waals surface area (Å²) in [7, 11) is 3.00. The molecule has 0 atom stereocenters. The zero-order valence-corrected chi connectivity index (χ0v) is 15.0. The third-order valence-corrected chi connectivity index (χ3v) is 4.67. The molecular weight excluding hydrogens is 347 g/mol. The molecule has 1 aliphatic heterocycles. The fraction of sp³-hybridized carbons (Fsp3) is 0.353. The standard InChI is InChI=1S/C17H18ClFN4O2/c1-10-6-8-23(16-12(19)5-4-7-20-16)9-11(10)15-13(18)14(17(24)25-3)21-22(15)2/h4-5,7H,6,8-9H2,1-3H3. The number of anilines is 1. The molecule has 2 aromatic rings. The SMILES string of the molecule is COC(=O)c1nn(C)c(C2=C(C)CCN(c3ncccc3F)C2)c1Cl. The molecule has 3 rings (SSSR count). The highest BCUT2D eigenvalue weighted by molar-refractivity contribution is 6.35. The van der Waals surface area contributed by atoms with Crippen molar-refractivity contribution in [3.05, 3.63) is 46.1 Å². The van der Waals surface area contributed by atoms with Gasteiger partial charge in [-0.1, -0.05) is 17.2 Å². The lowest BCUT2D eigenvalue weighted by Gasteiger charge is -2.31. The molecule has 25 heavy (non-hydrogen) atoms. The summed E-state index contributed by atoms with van der Waals surface area (Å²) in [6.07, 6.45) is 2.30. The number of aryl methyl sites for hydroxylation is 1. The molecule has 6 nitrogen and oxygen atoms in total. The van der Waals surface area contributed by atoms with E-state index in [1.165, 1.54) is 13.2 Å². The Bertz CT molecular complexity index is 862. The maximum absolute atomic E-state index is 14.1. The van der Waals surface area contributed by atoms with Crippen LogP contribution in [0.1, 0.15) is 29.5 Å². The lowest BCUT2D eigenvalue weighted by Crippen LogP contribution is -2.32. The summed E-state index contributed by atoms with van der Waals surface area (Å²) in [5, 5.41) is 4.42. The molecule has 0 fully saturated rings.